The van der Waals surface area contributed by atoms with Gasteiger partial charge < -0.3 is 19.7 Å². The predicted octanol–water partition coefficient (Wildman–Crippen LogP) is 3.91. The van der Waals surface area contributed by atoms with Crippen molar-refractivity contribution < 1.29 is 19.2 Å². The van der Waals surface area contributed by atoms with Gasteiger partial charge in [0.2, 0.25) is 0 Å². The number of rotatable bonds is 14. The molecule has 0 bridgehead atoms. The second kappa shape index (κ2) is 13.7. The van der Waals surface area contributed by atoms with Crippen LogP contribution in [0.1, 0.15) is 47.9 Å². The summed E-state index contributed by atoms with van der Waals surface area (Å²) >= 11 is 0. The first-order chi connectivity index (χ1) is 23.9. The Morgan fingerprint density at radius 1 is 0.673 bits per heavy atom. The minimum atomic E-state index is -0.279. The highest BCUT2D eigenvalue weighted by Gasteiger charge is 2.34. The smallest absolute Gasteiger partial charge is 0.261 e. The van der Waals surface area contributed by atoms with Crippen molar-refractivity contribution in [3.63, 3.8) is 0 Å². The number of benzene rings is 4. The van der Waals surface area contributed by atoms with E-state index in [9.17, 15) is 19.2 Å². The largest absolute Gasteiger partial charge is 0.318 e. The van der Waals surface area contributed by atoms with E-state index in [2.05, 4.69) is 20.1 Å². The van der Waals surface area contributed by atoms with Gasteiger partial charge in [0.15, 0.2) is 0 Å². The second-order valence-corrected chi connectivity index (χ2v) is 12.7. The fourth-order valence-corrected chi connectivity index (χ4v) is 7.04. The first-order valence-corrected chi connectivity index (χ1v) is 16.7. The SMILES string of the molecule is CNCCN(CCCN(C)CCN1C(=O)c2cccc3c(-n4ccnc4)ccc(c23)C1=O)CCN1C(=O)c2cccc3cccc(c23)C1=O. The average Bonchev–Trinajstić information content (AvgIpc) is 3.66. The molecule has 4 amide bonds. The van der Waals surface area contributed by atoms with Crippen LogP contribution in [0.15, 0.2) is 85.5 Å². The van der Waals surface area contributed by atoms with Gasteiger partial charge in [0.25, 0.3) is 23.6 Å². The molecule has 0 unspecified atom stereocenters. The second-order valence-electron chi connectivity index (χ2n) is 12.7. The summed E-state index contributed by atoms with van der Waals surface area (Å²) in [5.74, 6) is -1.06. The van der Waals surface area contributed by atoms with Crippen molar-refractivity contribution in [1.29, 1.82) is 0 Å². The normalized spacial score (nSPS) is 14.4. The van der Waals surface area contributed by atoms with Crippen LogP contribution in [0.2, 0.25) is 0 Å². The Kier molecular flexibility index (Phi) is 9.05. The summed E-state index contributed by atoms with van der Waals surface area (Å²) in [5, 5.41) is 6.35. The van der Waals surface area contributed by atoms with E-state index in [1.54, 1.807) is 36.8 Å². The molecule has 49 heavy (non-hydrogen) atoms. The van der Waals surface area contributed by atoms with Crippen molar-refractivity contribution in [1.82, 2.24) is 34.5 Å². The molecular weight excluding hydrogens is 618 g/mol. The molecule has 250 valence electrons. The first kappa shape index (κ1) is 32.3. The van der Waals surface area contributed by atoms with Gasteiger partial charge in [0, 0.05) is 90.1 Å². The maximum atomic E-state index is 13.6. The van der Waals surface area contributed by atoms with Crippen molar-refractivity contribution in [2.45, 2.75) is 6.42 Å². The van der Waals surface area contributed by atoms with E-state index >= 15 is 0 Å². The lowest BCUT2D eigenvalue weighted by atomic mass is 9.93. The van der Waals surface area contributed by atoms with Crippen LogP contribution in [0, 0.1) is 0 Å². The van der Waals surface area contributed by atoms with E-state index in [0.717, 1.165) is 54.4 Å². The van der Waals surface area contributed by atoms with Crippen molar-refractivity contribution >= 4 is 45.2 Å². The molecule has 0 radical (unpaired) electrons. The molecule has 11 heteroatoms. The van der Waals surface area contributed by atoms with Gasteiger partial charge in [-0.15, -0.1) is 0 Å². The van der Waals surface area contributed by atoms with Gasteiger partial charge >= 0.3 is 0 Å². The zero-order chi connectivity index (χ0) is 34.1. The summed E-state index contributed by atoms with van der Waals surface area (Å²) in [6.07, 6.45) is 6.08. The third kappa shape index (κ3) is 6.01. The molecular formula is C38H39N7O4. The van der Waals surface area contributed by atoms with E-state index in [1.807, 2.05) is 67.3 Å². The summed E-state index contributed by atoms with van der Waals surface area (Å²) < 4.78 is 1.88. The van der Waals surface area contributed by atoms with E-state index in [4.69, 9.17) is 0 Å². The summed E-state index contributed by atoms with van der Waals surface area (Å²) in [6, 6.07) is 20.4. The number of hydrogen-bond donors (Lipinski definition) is 1. The quantitative estimate of drug-likeness (QED) is 0.179. The topological polar surface area (TPSA) is 111 Å². The lowest BCUT2D eigenvalue weighted by Gasteiger charge is -2.31. The number of imide groups is 2. The number of carbonyl (C=O) groups excluding carboxylic acids is 4. The van der Waals surface area contributed by atoms with Gasteiger partial charge in [-0.2, -0.15) is 0 Å². The molecule has 2 aliphatic rings. The highest BCUT2D eigenvalue weighted by Crippen LogP contribution is 2.34. The van der Waals surface area contributed by atoms with Gasteiger partial charge in [-0.25, -0.2) is 4.98 Å². The molecule has 0 atom stereocenters. The molecule has 5 aromatic rings. The predicted molar refractivity (Wildman–Crippen MR) is 188 cm³/mol. The lowest BCUT2D eigenvalue weighted by Crippen LogP contribution is -2.46. The minimum Gasteiger partial charge on any atom is -0.318 e. The Labute approximate surface area is 284 Å². The molecule has 1 aromatic heterocycles. The molecule has 7 rings (SSSR count). The van der Waals surface area contributed by atoms with E-state index in [1.165, 1.54) is 9.80 Å². The van der Waals surface area contributed by atoms with Gasteiger partial charge in [-0.05, 0) is 69.3 Å². The molecule has 2 aliphatic heterocycles. The third-order valence-electron chi connectivity index (χ3n) is 9.64. The molecule has 0 aliphatic carbocycles. The maximum Gasteiger partial charge on any atom is 0.261 e. The summed E-state index contributed by atoms with van der Waals surface area (Å²) in [6.45, 7) is 4.75. The Morgan fingerprint density at radius 2 is 1.29 bits per heavy atom. The number of amides is 4. The van der Waals surface area contributed by atoms with Crippen molar-refractivity contribution in [3.8, 4) is 5.69 Å². The minimum absolute atomic E-state index is 0.248. The Morgan fingerprint density at radius 3 is 1.92 bits per heavy atom. The number of hydrogen-bond acceptors (Lipinski definition) is 8. The van der Waals surface area contributed by atoms with Crippen LogP contribution in [-0.2, 0) is 0 Å². The summed E-state index contributed by atoms with van der Waals surface area (Å²) in [4.78, 5) is 65.2. The van der Waals surface area contributed by atoms with Crippen LogP contribution in [-0.4, -0.2) is 119 Å². The van der Waals surface area contributed by atoms with E-state index in [-0.39, 0.29) is 30.2 Å². The number of nitrogens with zero attached hydrogens (tertiary/aromatic N) is 6. The van der Waals surface area contributed by atoms with Gasteiger partial charge in [-0.3, -0.25) is 29.0 Å². The maximum absolute atomic E-state index is 13.6. The standard InChI is InChI=1S/C38H39N7O4/c1-39-15-19-42(22-24-45-35(46)28-10-3-7-26-8-4-11-29(33(26)28)36(45)47)18-6-17-41(2)21-23-44-37(48)30-12-5-9-27-32(43-20-16-40-25-43)14-13-31(34(27)30)38(44)49/h3-5,7-14,16,20,25,39H,6,15,17-19,21-24H2,1-2H3. The number of nitrogens with one attached hydrogen (secondary N) is 1. The van der Waals surface area contributed by atoms with Crippen molar-refractivity contribution in [3.05, 3.63) is 108 Å². The molecule has 0 spiro atoms. The van der Waals surface area contributed by atoms with Crippen LogP contribution in [0.25, 0.3) is 27.2 Å². The third-order valence-corrected chi connectivity index (χ3v) is 9.64. The van der Waals surface area contributed by atoms with Crippen LogP contribution < -0.4 is 5.32 Å². The highest BCUT2D eigenvalue weighted by molar-refractivity contribution is 6.27. The Balaban J connectivity index is 0.950. The van der Waals surface area contributed by atoms with E-state index in [0.29, 0.717) is 47.3 Å². The van der Waals surface area contributed by atoms with Gasteiger partial charge in [-0.1, -0.05) is 36.4 Å². The number of imidazole rings is 1. The van der Waals surface area contributed by atoms with Crippen molar-refractivity contribution in [2.75, 3.05) is 66.5 Å². The summed E-state index contributed by atoms with van der Waals surface area (Å²) in [5.41, 5.74) is 3.07. The first-order valence-electron chi connectivity index (χ1n) is 16.7. The Hall–Kier alpha value is -5.23. The molecule has 3 heterocycles. The van der Waals surface area contributed by atoms with Crippen LogP contribution in [0.4, 0.5) is 0 Å². The van der Waals surface area contributed by atoms with Gasteiger partial charge in [0.1, 0.15) is 0 Å². The number of aromatic nitrogens is 2. The van der Waals surface area contributed by atoms with Crippen LogP contribution in [0.5, 0.6) is 0 Å². The zero-order valence-corrected chi connectivity index (χ0v) is 27.8. The summed E-state index contributed by atoms with van der Waals surface area (Å²) in [7, 11) is 3.90. The highest BCUT2D eigenvalue weighted by atomic mass is 16.2. The monoisotopic (exact) mass is 657 g/mol. The molecule has 0 saturated heterocycles. The lowest BCUT2D eigenvalue weighted by molar-refractivity contribution is 0.0583. The molecule has 0 saturated carbocycles. The van der Waals surface area contributed by atoms with Gasteiger partial charge in [0.05, 0.1) is 12.0 Å². The molecule has 0 fully saturated rings. The van der Waals surface area contributed by atoms with Crippen LogP contribution in [0.3, 0.4) is 0 Å². The average molecular weight is 658 g/mol. The fraction of sp³-hybridized carbons (Fsp3) is 0.289. The van der Waals surface area contributed by atoms with Crippen molar-refractivity contribution in [2.24, 2.45) is 0 Å². The molecule has 4 aromatic carbocycles. The zero-order valence-electron chi connectivity index (χ0n) is 27.8. The molecule has 11 nitrogen and oxygen atoms in total. The number of likely N-dealkylation sites (N-methyl/N-ethyl adjacent to an activating group) is 2. The fourth-order valence-electron chi connectivity index (χ4n) is 7.04. The van der Waals surface area contributed by atoms with Crippen LogP contribution >= 0.6 is 0 Å². The Bertz CT molecular complexity index is 2000. The number of carbonyl (C=O) groups is 4. The molecule has 1 N–H and O–H groups in total. The van der Waals surface area contributed by atoms with E-state index < -0.39 is 0 Å².